The van der Waals surface area contributed by atoms with E-state index in [9.17, 15) is 9.59 Å². The number of fused-ring (bicyclic) bond motifs is 2. The van der Waals surface area contributed by atoms with Crippen LogP contribution in [0.3, 0.4) is 0 Å². The summed E-state index contributed by atoms with van der Waals surface area (Å²) in [6.45, 7) is 10.6. The quantitative estimate of drug-likeness (QED) is 0.388. The molecule has 3 aromatic heterocycles. The average Bonchev–Trinajstić information content (AvgIpc) is 3.62. The van der Waals surface area contributed by atoms with Crippen LogP contribution in [0.5, 0.6) is 0 Å². The summed E-state index contributed by atoms with van der Waals surface area (Å²) in [5, 5.41) is 8.81. The molecule has 1 atom stereocenters. The summed E-state index contributed by atoms with van der Waals surface area (Å²) in [4.78, 5) is 41.6. The first-order valence-electron chi connectivity index (χ1n) is 14.3. The van der Waals surface area contributed by atoms with E-state index in [1.807, 2.05) is 57.0 Å². The second-order valence-electron chi connectivity index (χ2n) is 12.2. The van der Waals surface area contributed by atoms with Crippen molar-refractivity contribution >= 4 is 23.6 Å². The van der Waals surface area contributed by atoms with Crippen molar-refractivity contribution in [2.75, 3.05) is 37.6 Å². The Bertz CT molecular complexity index is 1490. The smallest absolute Gasteiger partial charge is 0.410 e. The fraction of sp³-hybridized carbons (Fsp3) is 0.533. The van der Waals surface area contributed by atoms with Crippen molar-refractivity contribution in [1.29, 1.82) is 0 Å². The number of pyridine rings is 2. The van der Waals surface area contributed by atoms with Gasteiger partial charge in [-0.1, -0.05) is 6.07 Å². The van der Waals surface area contributed by atoms with Gasteiger partial charge in [0.25, 0.3) is 5.91 Å². The molecule has 5 rings (SSSR count). The molecule has 2 aliphatic rings. The van der Waals surface area contributed by atoms with Crippen LogP contribution in [0.25, 0.3) is 11.5 Å². The first kappa shape index (κ1) is 29.4. The Kier molecular flexibility index (Phi) is 7.93. The number of methoxy groups -OCH3 is 1. The van der Waals surface area contributed by atoms with Gasteiger partial charge in [-0.25, -0.2) is 14.8 Å². The first-order valence-corrected chi connectivity index (χ1v) is 14.3. The van der Waals surface area contributed by atoms with E-state index in [0.717, 1.165) is 24.2 Å². The maximum Gasteiger partial charge on any atom is 0.410 e. The summed E-state index contributed by atoms with van der Waals surface area (Å²) >= 11 is 0. The molecule has 0 radical (unpaired) electrons. The van der Waals surface area contributed by atoms with Crippen LogP contribution in [0.4, 0.5) is 16.4 Å². The lowest BCUT2D eigenvalue weighted by Gasteiger charge is -2.26. The summed E-state index contributed by atoms with van der Waals surface area (Å²) in [6, 6.07) is 7.72. The molecule has 0 saturated heterocycles. The molecule has 0 spiro atoms. The number of carbonyl (C=O) groups excluding carboxylic acids is 2. The van der Waals surface area contributed by atoms with Crippen molar-refractivity contribution < 1.29 is 19.1 Å². The van der Waals surface area contributed by atoms with Gasteiger partial charge in [-0.05, 0) is 59.2 Å². The number of amides is 2. The Morgan fingerprint density at radius 1 is 1.17 bits per heavy atom. The molecule has 0 unspecified atom stereocenters. The van der Waals surface area contributed by atoms with Gasteiger partial charge in [-0.3, -0.25) is 9.69 Å². The molecule has 2 aliphatic heterocycles. The van der Waals surface area contributed by atoms with Crippen molar-refractivity contribution in [3.8, 4) is 11.5 Å². The lowest BCUT2D eigenvalue weighted by atomic mass is 10.1. The molecular formula is C30H40N8O4. The first-order chi connectivity index (χ1) is 19.9. The second-order valence-corrected chi connectivity index (χ2v) is 12.2. The van der Waals surface area contributed by atoms with E-state index in [-0.39, 0.29) is 31.1 Å². The van der Waals surface area contributed by atoms with Crippen LogP contribution in [0.1, 0.15) is 74.5 Å². The minimum atomic E-state index is -0.627. The zero-order valence-electron chi connectivity index (χ0n) is 25.7. The van der Waals surface area contributed by atoms with Gasteiger partial charge in [-0.15, -0.1) is 10.2 Å². The third-order valence-electron chi connectivity index (χ3n) is 7.65. The topological polar surface area (TPSA) is 119 Å². The fourth-order valence-electron chi connectivity index (χ4n) is 5.27. The molecule has 0 aromatic carbocycles. The van der Waals surface area contributed by atoms with Gasteiger partial charge in [-0.2, -0.15) is 0 Å². The summed E-state index contributed by atoms with van der Waals surface area (Å²) in [5.74, 6) is 2.59. The van der Waals surface area contributed by atoms with Crippen LogP contribution < -0.4 is 9.80 Å². The molecule has 12 heteroatoms. The van der Waals surface area contributed by atoms with Gasteiger partial charge in [0, 0.05) is 39.2 Å². The van der Waals surface area contributed by atoms with Gasteiger partial charge < -0.3 is 23.8 Å². The molecule has 2 amide bonds. The second kappa shape index (κ2) is 11.3. The molecule has 0 N–H and O–H groups in total. The third-order valence-corrected chi connectivity index (χ3v) is 7.65. The van der Waals surface area contributed by atoms with Crippen LogP contribution >= 0.6 is 0 Å². The minimum Gasteiger partial charge on any atom is -0.444 e. The van der Waals surface area contributed by atoms with E-state index in [0.29, 0.717) is 41.0 Å². The standard InChI is InChI=1S/C30H40N8O4/c1-18(2)36(7)26-14-20-21(23(32-26)16-35(6)29(40)42-30(3,4)5)15-37(28(20)39)24-11-9-10-22(31-24)27-34-33-25-13-12-19(17-41-8)38(25)27/h9-11,14,18-19H,12-13,15-17H2,1-8H3/t19-/m1/s1. The van der Waals surface area contributed by atoms with E-state index in [1.165, 1.54) is 4.90 Å². The normalized spacial score (nSPS) is 16.2. The zero-order valence-corrected chi connectivity index (χ0v) is 25.7. The predicted molar refractivity (Wildman–Crippen MR) is 158 cm³/mol. The Labute approximate surface area is 246 Å². The molecule has 3 aromatic rings. The van der Waals surface area contributed by atoms with E-state index < -0.39 is 11.7 Å². The molecule has 5 heterocycles. The average molecular weight is 577 g/mol. The van der Waals surface area contributed by atoms with Crippen molar-refractivity contribution in [1.82, 2.24) is 29.6 Å². The number of carbonyl (C=O) groups is 2. The SMILES string of the molecule is COC[C@H]1CCc2nnc(-c3cccc(N4Cc5c(cc(N(C)C(C)C)nc5CN(C)C(=O)OC(C)(C)C)C4=O)n3)n21. The Morgan fingerprint density at radius 3 is 2.62 bits per heavy atom. The summed E-state index contributed by atoms with van der Waals surface area (Å²) in [6.07, 6.45) is 1.32. The third kappa shape index (κ3) is 5.67. The molecule has 0 bridgehead atoms. The molecule has 12 nitrogen and oxygen atoms in total. The summed E-state index contributed by atoms with van der Waals surface area (Å²) < 4.78 is 13.1. The van der Waals surface area contributed by atoms with E-state index in [1.54, 1.807) is 19.1 Å². The fourth-order valence-corrected chi connectivity index (χ4v) is 5.27. The van der Waals surface area contributed by atoms with Crippen molar-refractivity contribution in [3.63, 3.8) is 0 Å². The Hall–Kier alpha value is -4.06. The van der Waals surface area contributed by atoms with Crippen LogP contribution in [0.15, 0.2) is 24.3 Å². The van der Waals surface area contributed by atoms with Crippen molar-refractivity contribution in [2.45, 2.75) is 78.2 Å². The number of rotatable bonds is 8. The van der Waals surface area contributed by atoms with E-state index >= 15 is 0 Å². The van der Waals surface area contributed by atoms with Crippen molar-refractivity contribution in [3.05, 3.63) is 46.9 Å². The molecule has 0 fully saturated rings. The number of nitrogens with zero attached hydrogens (tertiary/aromatic N) is 8. The van der Waals surface area contributed by atoms with Gasteiger partial charge in [0.15, 0.2) is 5.82 Å². The molecule has 224 valence electrons. The summed E-state index contributed by atoms with van der Waals surface area (Å²) in [7, 11) is 5.31. The number of aryl methyl sites for hydroxylation is 1. The number of anilines is 2. The lowest BCUT2D eigenvalue weighted by molar-refractivity contribution is 0.0282. The number of ether oxygens (including phenoxy) is 2. The van der Waals surface area contributed by atoms with Gasteiger partial charge in [0.2, 0.25) is 0 Å². The highest BCUT2D eigenvalue weighted by Gasteiger charge is 2.35. The Morgan fingerprint density at radius 2 is 1.93 bits per heavy atom. The monoisotopic (exact) mass is 576 g/mol. The van der Waals surface area contributed by atoms with Gasteiger partial charge >= 0.3 is 6.09 Å². The van der Waals surface area contributed by atoms with Gasteiger partial charge in [0.05, 0.1) is 37.0 Å². The van der Waals surface area contributed by atoms with Crippen LogP contribution in [-0.2, 0) is 29.0 Å². The molecule has 42 heavy (non-hydrogen) atoms. The lowest BCUT2D eigenvalue weighted by Crippen LogP contribution is -2.34. The molecular weight excluding hydrogens is 536 g/mol. The van der Waals surface area contributed by atoms with E-state index in [4.69, 9.17) is 19.4 Å². The zero-order chi connectivity index (χ0) is 30.3. The maximum absolute atomic E-state index is 13.9. The highest BCUT2D eigenvalue weighted by Crippen LogP contribution is 2.35. The number of hydrogen-bond acceptors (Lipinski definition) is 9. The van der Waals surface area contributed by atoms with Gasteiger partial charge in [0.1, 0.15) is 28.8 Å². The number of hydrogen-bond donors (Lipinski definition) is 0. The maximum atomic E-state index is 13.9. The largest absolute Gasteiger partial charge is 0.444 e. The predicted octanol–water partition coefficient (Wildman–Crippen LogP) is 4.24. The minimum absolute atomic E-state index is 0.144. The molecule has 0 saturated carbocycles. The highest BCUT2D eigenvalue weighted by atomic mass is 16.6. The Balaban J connectivity index is 1.48. The molecule has 0 aliphatic carbocycles. The summed E-state index contributed by atoms with van der Waals surface area (Å²) in [5.41, 5.74) is 1.98. The highest BCUT2D eigenvalue weighted by molar-refractivity contribution is 6.10. The van der Waals surface area contributed by atoms with E-state index in [2.05, 4.69) is 28.6 Å². The van der Waals surface area contributed by atoms with Crippen LogP contribution in [0, 0.1) is 0 Å². The van der Waals surface area contributed by atoms with Crippen molar-refractivity contribution in [2.24, 2.45) is 0 Å². The van der Waals surface area contributed by atoms with Crippen LogP contribution in [-0.4, -0.2) is 81.1 Å². The number of aromatic nitrogens is 5. The van der Waals surface area contributed by atoms with Crippen LogP contribution in [0.2, 0.25) is 0 Å².